The standard InChI is InChI=1S/C16H20N2O5/c1-3-17-16(21)11(2)23-15(20)10-18-12-6-4-5-7-13(12)22-9-8-14(18)19/h4-7,11H,3,8-10H2,1-2H3,(H,17,21)/t11-/m0/s1. The summed E-state index contributed by atoms with van der Waals surface area (Å²) in [7, 11) is 0. The Kier molecular flexibility index (Phi) is 5.56. The maximum atomic E-state index is 12.2. The van der Waals surface area contributed by atoms with E-state index in [9.17, 15) is 14.4 Å². The van der Waals surface area contributed by atoms with Crippen molar-refractivity contribution in [1.29, 1.82) is 0 Å². The number of fused-ring (bicyclic) bond motifs is 1. The third-order valence-electron chi connectivity index (χ3n) is 3.35. The van der Waals surface area contributed by atoms with Crippen molar-refractivity contribution in [2.75, 3.05) is 24.6 Å². The normalized spacial score (nSPS) is 15.0. The van der Waals surface area contributed by atoms with Gasteiger partial charge in [0.1, 0.15) is 12.3 Å². The van der Waals surface area contributed by atoms with Crippen LogP contribution in [0.25, 0.3) is 0 Å². The van der Waals surface area contributed by atoms with Crippen molar-refractivity contribution in [2.24, 2.45) is 0 Å². The molecule has 1 atom stereocenters. The van der Waals surface area contributed by atoms with Crippen LogP contribution in [-0.4, -0.2) is 43.6 Å². The first-order valence-corrected chi connectivity index (χ1v) is 7.52. The minimum atomic E-state index is -0.906. The Labute approximate surface area is 134 Å². The van der Waals surface area contributed by atoms with E-state index in [2.05, 4.69) is 5.32 Å². The summed E-state index contributed by atoms with van der Waals surface area (Å²) in [5.41, 5.74) is 0.526. The lowest BCUT2D eigenvalue weighted by Gasteiger charge is -2.22. The number of hydrogen-bond acceptors (Lipinski definition) is 5. The Morgan fingerprint density at radius 1 is 1.39 bits per heavy atom. The molecule has 0 spiro atoms. The van der Waals surface area contributed by atoms with E-state index in [1.165, 1.54) is 11.8 Å². The Hall–Kier alpha value is -2.57. The maximum absolute atomic E-state index is 12.2. The average Bonchev–Trinajstić information content (AvgIpc) is 2.67. The van der Waals surface area contributed by atoms with Crippen LogP contribution in [0.1, 0.15) is 20.3 Å². The molecule has 1 heterocycles. The van der Waals surface area contributed by atoms with E-state index >= 15 is 0 Å². The monoisotopic (exact) mass is 320 g/mol. The molecule has 0 fully saturated rings. The molecule has 0 bridgehead atoms. The Bertz CT molecular complexity index is 602. The lowest BCUT2D eigenvalue weighted by Crippen LogP contribution is -2.40. The fourth-order valence-corrected chi connectivity index (χ4v) is 2.23. The van der Waals surface area contributed by atoms with Crippen LogP contribution < -0.4 is 15.0 Å². The Morgan fingerprint density at radius 2 is 2.13 bits per heavy atom. The number of ether oxygens (including phenoxy) is 2. The van der Waals surface area contributed by atoms with E-state index in [-0.39, 0.29) is 31.4 Å². The third-order valence-corrected chi connectivity index (χ3v) is 3.35. The summed E-state index contributed by atoms with van der Waals surface area (Å²) in [6, 6.07) is 7.00. The van der Waals surface area contributed by atoms with Crippen LogP contribution in [-0.2, 0) is 19.1 Å². The number of benzene rings is 1. The van der Waals surface area contributed by atoms with Crippen LogP contribution >= 0.6 is 0 Å². The number of carbonyl (C=O) groups excluding carboxylic acids is 3. The van der Waals surface area contributed by atoms with Gasteiger partial charge in [-0.2, -0.15) is 0 Å². The van der Waals surface area contributed by atoms with Gasteiger partial charge in [0.25, 0.3) is 5.91 Å². The molecule has 0 radical (unpaired) electrons. The number of esters is 1. The fourth-order valence-electron chi connectivity index (χ4n) is 2.23. The zero-order chi connectivity index (χ0) is 16.8. The highest BCUT2D eigenvalue weighted by molar-refractivity contribution is 5.99. The number of carbonyl (C=O) groups is 3. The van der Waals surface area contributed by atoms with E-state index in [1.54, 1.807) is 31.2 Å². The van der Waals surface area contributed by atoms with Crippen LogP contribution in [0, 0.1) is 0 Å². The molecule has 1 aromatic rings. The summed E-state index contributed by atoms with van der Waals surface area (Å²) >= 11 is 0. The molecule has 2 rings (SSSR count). The van der Waals surface area contributed by atoms with Crippen molar-refractivity contribution in [2.45, 2.75) is 26.4 Å². The van der Waals surface area contributed by atoms with E-state index in [0.717, 1.165) is 0 Å². The lowest BCUT2D eigenvalue weighted by atomic mass is 10.2. The van der Waals surface area contributed by atoms with Crippen LogP contribution in [0.15, 0.2) is 24.3 Å². The minimum absolute atomic E-state index is 0.174. The largest absolute Gasteiger partial charge is 0.491 e. The van der Waals surface area contributed by atoms with E-state index < -0.39 is 12.1 Å². The van der Waals surface area contributed by atoms with Gasteiger partial charge in [-0.3, -0.25) is 19.3 Å². The zero-order valence-electron chi connectivity index (χ0n) is 13.2. The summed E-state index contributed by atoms with van der Waals surface area (Å²) in [6.45, 7) is 3.72. The molecule has 1 aliphatic heterocycles. The molecule has 2 amide bonds. The van der Waals surface area contributed by atoms with Crippen LogP contribution in [0.5, 0.6) is 5.75 Å². The molecule has 0 aliphatic carbocycles. The number of anilines is 1. The number of nitrogens with zero attached hydrogens (tertiary/aromatic N) is 1. The average molecular weight is 320 g/mol. The second-order valence-corrected chi connectivity index (χ2v) is 5.07. The molecule has 1 aromatic carbocycles. The van der Waals surface area contributed by atoms with E-state index in [4.69, 9.17) is 9.47 Å². The fraction of sp³-hybridized carbons (Fsp3) is 0.438. The maximum Gasteiger partial charge on any atom is 0.326 e. The van der Waals surface area contributed by atoms with Crippen molar-refractivity contribution < 1.29 is 23.9 Å². The predicted molar refractivity (Wildman–Crippen MR) is 83.1 cm³/mol. The number of amides is 2. The molecule has 0 unspecified atom stereocenters. The molecule has 1 N–H and O–H groups in total. The van der Waals surface area contributed by atoms with Gasteiger partial charge in [-0.05, 0) is 26.0 Å². The predicted octanol–water partition coefficient (Wildman–Crippen LogP) is 0.870. The second kappa shape index (κ2) is 7.62. The number of nitrogens with one attached hydrogen (secondary N) is 1. The first-order chi connectivity index (χ1) is 11.0. The summed E-state index contributed by atoms with van der Waals surface area (Å²) in [6.07, 6.45) is -0.732. The molecule has 0 aromatic heterocycles. The van der Waals surface area contributed by atoms with Crippen LogP contribution in [0.3, 0.4) is 0 Å². The van der Waals surface area contributed by atoms with Gasteiger partial charge in [0.05, 0.1) is 18.7 Å². The van der Waals surface area contributed by atoms with Crippen molar-refractivity contribution in [3.8, 4) is 5.75 Å². The first kappa shape index (κ1) is 16.8. The van der Waals surface area contributed by atoms with Crippen molar-refractivity contribution in [1.82, 2.24) is 5.32 Å². The van der Waals surface area contributed by atoms with Crippen LogP contribution in [0.4, 0.5) is 5.69 Å². The topological polar surface area (TPSA) is 84.9 Å². The van der Waals surface area contributed by atoms with Gasteiger partial charge in [-0.25, -0.2) is 0 Å². The van der Waals surface area contributed by atoms with Gasteiger partial charge >= 0.3 is 5.97 Å². The lowest BCUT2D eigenvalue weighted by molar-refractivity contribution is -0.153. The molecular weight excluding hydrogens is 300 g/mol. The van der Waals surface area contributed by atoms with Gasteiger partial charge in [-0.1, -0.05) is 12.1 Å². The van der Waals surface area contributed by atoms with Crippen molar-refractivity contribution in [3.63, 3.8) is 0 Å². The minimum Gasteiger partial charge on any atom is -0.491 e. The Morgan fingerprint density at radius 3 is 2.87 bits per heavy atom. The summed E-state index contributed by atoms with van der Waals surface area (Å²) in [5, 5.41) is 2.57. The molecule has 124 valence electrons. The van der Waals surface area contributed by atoms with Gasteiger partial charge < -0.3 is 14.8 Å². The molecule has 23 heavy (non-hydrogen) atoms. The van der Waals surface area contributed by atoms with Crippen LogP contribution in [0.2, 0.25) is 0 Å². The summed E-state index contributed by atoms with van der Waals surface area (Å²) in [5.74, 6) is -0.693. The van der Waals surface area contributed by atoms with Gasteiger partial charge in [0, 0.05) is 6.54 Å². The van der Waals surface area contributed by atoms with E-state index in [1.807, 2.05) is 0 Å². The van der Waals surface area contributed by atoms with Crippen molar-refractivity contribution in [3.05, 3.63) is 24.3 Å². The highest BCUT2D eigenvalue weighted by Crippen LogP contribution is 2.30. The highest BCUT2D eigenvalue weighted by atomic mass is 16.5. The van der Waals surface area contributed by atoms with Crippen molar-refractivity contribution >= 4 is 23.5 Å². The number of para-hydroxylation sites is 2. The number of hydrogen-bond donors (Lipinski definition) is 1. The SMILES string of the molecule is CCNC(=O)[C@H](C)OC(=O)CN1C(=O)CCOc2ccccc21. The summed E-state index contributed by atoms with van der Waals surface area (Å²) < 4.78 is 10.6. The van der Waals surface area contributed by atoms with Gasteiger partial charge in [0.15, 0.2) is 6.10 Å². The molecule has 7 nitrogen and oxygen atoms in total. The quantitative estimate of drug-likeness (QED) is 0.814. The third kappa shape index (κ3) is 4.21. The van der Waals surface area contributed by atoms with Gasteiger partial charge in [0.2, 0.25) is 5.91 Å². The number of rotatable bonds is 5. The molecular formula is C16H20N2O5. The molecule has 0 saturated carbocycles. The number of likely N-dealkylation sites (N-methyl/N-ethyl adjacent to an activating group) is 1. The second-order valence-electron chi connectivity index (χ2n) is 5.07. The van der Waals surface area contributed by atoms with Gasteiger partial charge in [-0.15, -0.1) is 0 Å². The Balaban J connectivity index is 2.07. The zero-order valence-corrected chi connectivity index (χ0v) is 13.2. The van der Waals surface area contributed by atoms with E-state index in [0.29, 0.717) is 18.0 Å². The molecule has 7 heteroatoms. The molecule has 1 aliphatic rings. The first-order valence-electron chi connectivity index (χ1n) is 7.52. The highest BCUT2D eigenvalue weighted by Gasteiger charge is 2.27. The summed E-state index contributed by atoms with van der Waals surface area (Å²) in [4.78, 5) is 37.2. The molecule has 0 saturated heterocycles. The smallest absolute Gasteiger partial charge is 0.326 e.